The molecule has 0 radical (unpaired) electrons. The molecule has 0 saturated heterocycles. The lowest BCUT2D eigenvalue weighted by Crippen LogP contribution is -2.26. The van der Waals surface area contributed by atoms with E-state index in [4.69, 9.17) is 16.6 Å². The molecule has 3 heterocycles. The predicted octanol–water partition coefficient (Wildman–Crippen LogP) is 4.09. The minimum absolute atomic E-state index is 0.327. The number of nitrogens with one attached hydrogen (secondary N) is 1. The largest absolute Gasteiger partial charge is 0.334 e. The normalized spacial score (nSPS) is 13.1. The molecule has 0 atom stereocenters. The van der Waals surface area contributed by atoms with Gasteiger partial charge in [0.05, 0.1) is 28.5 Å². The van der Waals surface area contributed by atoms with Gasteiger partial charge in [-0.1, -0.05) is 60.1 Å². The molecule has 0 saturated carbocycles. The molecule has 1 aliphatic rings. The van der Waals surface area contributed by atoms with E-state index in [1.165, 1.54) is 0 Å². The molecule has 0 aliphatic carbocycles. The first kappa shape index (κ1) is 21.3. The fourth-order valence-corrected chi connectivity index (χ4v) is 4.89. The minimum atomic E-state index is -0.327. The van der Waals surface area contributed by atoms with Gasteiger partial charge in [-0.25, -0.2) is 9.98 Å². The van der Waals surface area contributed by atoms with Crippen molar-refractivity contribution in [1.82, 2.24) is 15.0 Å². The Bertz CT molecular complexity index is 1800. The maximum Gasteiger partial charge on any atom is 0.296 e. The molecule has 0 unspecified atom stereocenters. The number of benzene rings is 3. The summed E-state index contributed by atoms with van der Waals surface area (Å²) in [4.78, 5) is 21.1. The summed E-state index contributed by atoms with van der Waals surface area (Å²) in [5.74, 6) is -0.327. The predicted molar refractivity (Wildman–Crippen MR) is 139 cm³/mol. The third kappa shape index (κ3) is 3.78. The SMILES string of the molecule is Cc1nc(C=NNC2=c3ccccc3=NC2=O)cc2c3ccccc3n(Cc3cccc(Cl)c3)c12. The number of fused-ring (bicyclic) bond motifs is 4. The summed E-state index contributed by atoms with van der Waals surface area (Å²) in [6.45, 7) is 2.69. The molecule has 6 rings (SSSR count). The maximum absolute atomic E-state index is 12.3. The van der Waals surface area contributed by atoms with Crippen molar-refractivity contribution in [3.05, 3.63) is 111 Å². The van der Waals surface area contributed by atoms with Gasteiger partial charge in [-0.05, 0) is 42.8 Å². The topological polar surface area (TPSA) is 71.6 Å². The monoisotopic (exact) mass is 477 g/mol. The number of hydrogen-bond donors (Lipinski definition) is 1. The second-order valence-electron chi connectivity index (χ2n) is 8.44. The highest BCUT2D eigenvalue weighted by Crippen LogP contribution is 2.31. The second kappa shape index (κ2) is 8.49. The van der Waals surface area contributed by atoms with E-state index >= 15 is 0 Å². The Labute approximate surface area is 205 Å². The molecule has 35 heavy (non-hydrogen) atoms. The van der Waals surface area contributed by atoms with Crippen molar-refractivity contribution >= 4 is 51.2 Å². The van der Waals surface area contributed by atoms with Crippen LogP contribution in [0.25, 0.3) is 27.5 Å². The van der Waals surface area contributed by atoms with Gasteiger partial charge in [0.2, 0.25) is 0 Å². The van der Waals surface area contributed by atoms with Crippen LogP contribution in [0.2, 0.25) is 5.02 Å². The maximum atomic E-state index is 12.3. The van der Waals surface area contributed by atoms with Crippen LogP contribution in [0.5, 0.6) is 0 Å². The fourth-order valence-electron chi connectivity index (χ4n) is 4.68. The minimum Gasteiger partial charge on any atom is -0.334 e. The van der Waals surface area contributed by atoms with Crippen LogP contribution in [0.15, 0.2) is 89.0 Å². The second-order valence-corrected chi connectivity index (χ2v) is 8.88. The highest BCUT2D eigenvalue weighted by Gasteiger charge is 2.16. The van der Waals surface area contributed by atoms with Gasteiger partial charge < -0.3 is 4.57 Å². The highest BCUT2D eigenvalue weighted by atomic mass is 35.5. The number of carbonyl (C=O) groups excluding carboxylic acids is 1. The van der Waals surface area contributed by atoms with E-state index in [1.807, 2.05) is 67.6 Å². The van der Waals surface area contributed by atoms with Gasteiger partial charge in [-0.2, -0.15) is 5.10 Å². The van der Waals surface area contributed by atoms with Crippen LogP contribution in [0.1, 0.15) is 17.0 Å². The Morgan fingerprint density at radius 2 is 1.83 bits per heavy atom. The quantitative estimate of drug-likeness (QED) is 0.306. The van der Waals surface area contributed by atoms with Crippen molar-refractivity contribution in [2.75, 3.05) is 0 Å². The first-order valence-corrected chi connectivity index (χ1v) is 11.6. The standard InChI is InChI=1S/C28H20ClN5O/c1-17-27-23(21-9-3-5-12-25(21)34(27)16-18-7-6-8-19(29)13-18)14-20(31-17)15-30-33-26-22-10-2-4-11-24(22)32-28(26)35/h2-15H,16H2,1H3,(H,32,33,35). The summed E-state index contributed by atoms with van der Waals surface area (Å²) in [5, 5.41) is 8.67. The molecule has 0 bridgehead atoms. The lowest BCUT2D eigenvalue weighted by molar-refractivity contribution is -0.113. The van der Waals surface area contributed by atoms with E-state index in [9.17, 15) is 4.79 Å². The number of aromatic nitrogens is 2. The van der Waals surface area contributed by atoms with Crippen LogP contribution in [0.3, 0.4) is 0 Å². The lowest BCUT2D eigenvalue weighted by atomic mass is 10.1. The summed E-state index contributed by atoms with van der Waals surface area (Å²) in [6.07, 6.45) is 1.64. The van der Waals surface area contributed by atoms with Crippen LogP contribution in [-0.2, 0) is 11.3 Å². The van der Waals surface area contributed by atoms with Gasteiger partial charge in [-0.3, -0.25) is 10.2 Å². The first-order chi connectivity index (χ1) is 17.1. The zero-order valence-electron chi connectivity index (χ0n) is 18.9. The average molecular weight is 478 g/mol. The number of hydrazone groups is 1. The summed E-state index contributed by atoms with van der Waals surface area (Å²) in [5.41, 5.74) is 8.16. The first-order valence-electron chi connectivity index (χ1n) is 11.2. The lowest BCUT2D eigenvalue weighted by Gasteiger charge is -2.10. The van der Waals surface area contributed by atoms with E-state index in [0.717, 1.165) is 43.3 Å². The number of aryl methyl sites for hydroxylation is 1. The summed E-state index contributed by atoms with van der Waals surface area (Å²) < 4.78 is 2.28. The average Bonchev–Trinajstić information content (AvgIpc) is 3.34. The molecule has 5 aromatic rings. The Kier molecular flexibility index (Phi) is 5.16. The van der Waals surface area contributed by atoms with Gasteiger partial charge in [0.15, 0.2) is 0 Å². The summed E-state index contributed by atoms with van der Waals surface area (Å²) >= 11 is 6.24. The summed E-state index contributed by atoms with van der Waals surface area (Å²) in [7, 11) is 0. The number of para-hydroxylation sites is 2. The number of pyridine rings is 1. The van der Waals surface area contributed by atoms with E-state index < -0.39 is 0 Å². The number of rotatable bonds is 5. The molecule has 1 aliphatic heterocycles. The van der Waals surface area contributed by atoms with Crippen LogP contribution in [0, 0.1) is 6.92 Å². The van der Waals surface area contributed by atoms with Gasteiger partial charge in [0, 0.05) is 33.1 Å². The fraction of sp³-hybridized carbons (Fsp3) is 0.0714. The highest BCUT2D eigenvalue weighted by molar-refractivity contribution is 6.30. The van der Waals surface area contributed by atoms with Crippen LogP contribution < -0.4 is 16.0 Å². The third-order valence-corrected chi connectivity index (χ3v) is 6.39. The van der Waals surface area contributed by atoms with E-state index in [-0.39, 0.29) is 5.91 Å². The van der Waals surface area contributed by atoms with Gasteiger partial charge >= 0.3 is 0 Å². The molecule has 0 fully saturated rings. The third-order valence-electron chi connectivity index (χ3n) is 6.15. The number of nitrogens with zero attached hydrogens (tertiary/aromatic N) is 4. The number of carbonyl (C=O) groups is 1. The molecule has 0 spiro atoms. The van der Waals surface area contributed by atoms with Crippen LogP contribution in [0.4, 0.5) is 0 Å². The molecular weight excluding hydrogens is 458 g/mol. The Morgan fingerprint density at radius 1 is 1.00 bits per heavy atom. The smallest absolute Gasteiger partial charge is 0.296 e. The zero-order valence-corrected chi connectivity index (χ0v) is 19.6. The van der Waals surface area contributed by atoms with Gasteiger partial charge in [0.25, 0.3) is 5.91 Å². The molecular formula is C28H20ClN5O. The molecule has 1 amide bonds. The Balaban J connectivity index is 1.41. The number of amides is 1. The molecule has 2 aromatic heterocycles. The van der Waals surface area contributed by atoms with Gasteiger partial charge in [0.1, 0.15) is 5.70 Å². The van der Waals surface area contributed by atoms with Crippen molar-refractivity contribution in [3.8, 4) is 0 Å². The Hall–Kier alpha value is -4.29. The summed E-state index contributed by atoms with van der Waals surface area (Å²) in [6, 6.07) is 25.7. The van der Waals surface area contributed by atoms with E-state index in [0.29, 0.717) is 23.3 Å². The van der Waals surface area contributed by atoms with Gasteiger partial charge in [-0.15, -0.1) is 0 Å². The van der Waals surface area contributed by atoms with E-state index in [1.54, 1.807) is 6.21 Å². The van der Waals surface area contributed by atoms with Crippen molar-refractivity contribution in [3.63, 3.8) is 0 Å². The zero-order chi connectivity index (χ0) is 23.9. The van der Waals surface area contributed by atoms with Crippen molar-refractivity contribution in [2.24, 2.45) is 10.1 Å². The van der Waals surface area contributed by atoms with Crippen molar-refractivity contribution < 1.29 is 4.79 Å². The van der Waals surface area contributed by atoms with E-state index in [2.05, 4.69) is 38.3 Å². The Morgan fingerprint density at radius 3 is 2.71 bits per heavy atom. The molecule has 7 heteroatoms. The molecule has 3 aromatic carbocycles. The number of halogens is 1. The molecule has 6 nitrogen and oxygen atoms in total. The number of hydrogen-bond acceptors (Lipinski definition) is 4. The van der Waals surface area contributed by atoms with Crippen molar-refractivity contribution in [1.29, 1.82) is 0 Å². The molecule has 170 valence electrons. The molecule has 1 N–H and O–H groups in total. The van der Waals surface area contributed by atoms with Crippen LogP contribution >= 0.6 is 11.6 Å². The van der Waals surface area contributed by atoms with Crippen molar-refractivity contribution in [2.45, 2.75) is 13.5 Å². The van der Waals surface area contributed by atoms with Crippen LogP contribution in [-0.4, -0.2) is 21.7 Å².